The van der Waals surface area contributed by atoms with Crippen LogP contribution in [0.15, 0.2) is 11.4 Å². The largest absolute Gasteiger partial charge is 0.395 e. The predicted molar refractivity (Wildman–Crippen MR) is 92.1 cm³/mol. The Balaban J connectivity index is 2.73. The quantitative estimate of drug-likeness (QED) is 0.757. The minimum Gasteiger partial charge on any atom is -0.395 e. The SMILES string of the molecule is CCC(CC)(CNC(=O)c1sccc1C#CCCO)SC. The number of thiophene rings is 1. The van der Waals surface area contributed by atoms with E-state index in [0.29, 0.717) is 17.8 Å². The fourth-order valence-electron chi connectivity index (χ4n) is 1.98. The molecule has 0 unspecified atom stereocenters. The molecular formula is C16H23NO2S2. The van der Waals surface area contributed by atoms with Gasteiger partial charge < -0.3 is 10.4 Å². The van der Waals surface area contributed by atoms with Gasteiger partial charge in [0.05, 0.1) is 6.61 Å². The molecule has 0 bridgehead atoms. The number of thioether (sulfide) groups is 1. The number of carbonyl (C=O) groups is 1. The number of carbonyl (C=O) groups excluding carboxylic acids is 1. The minimum absolute atomic E-state index is 0.0436. The van der Waals surface area contributed by atoms with Crippen LogP contribution < -0.4 is 5.32 Å². The van der Waals surface area contributed by atoms with E-state index >= 15 is 0 Å². The van der Waals surface area contributed by atoms with E-state index in [9.17, 15) is 4.79 Å². The van der Waals surface area contributed by atoms with Crippen molar-refractivity contribution in [3.63, 3.8) is 0 Å². The van der Waals surface area contributed by atoms with Gasteiger partial charge in [-0.2, -0.15) is 11.8 Å². The maximum Gasteiger partial charge on any atom is 0.262 e. The van der Waals surface area contributed by atoms with Crippen LogP contribution in [0.3, 0.4) is 0 Å². The van der Waals surface area contributed by atoms with Crippen LogP contribution in [0.2, 0.25) is 0 Å². The van der Waals surface area contributed by atoms with E-state index in [2.05, 4.69) is 37.3 Å². The first-order chi connectivity index (χ1) is 10.1. The molecule has 0 aliphatic carbocycles. The molecule has 1 aromatic heterocycles. The summed E-state index contributed by atoms with van der Waals surface area (Å²) >= 11 is 3.22. The van der Waals surface area contributed by atoms with E-state index in [1.165, 1.54) is 11.3 Å². The van der Waals surface area contributed by atoms with E-state index in [4.69, 9.17) is 5.11 Å². The lowest BCUT2D eigenvalue weighted by Gasteiger charge is -2.29. The number of aliphatic hydroxyl groups is 1. The van der Waals surface area contributed by atoms with Crippen molar-refractivity contribution in [1.82, 2.24) is 5.32 Å². The van der Waals surface area contributed by atoms with Crippen LogP contribution in [0.1, 0.15) is 48.3 Å². The number of hydrogen-bond donors (Lipinski definition) is 2. The van der Waals surface area contributed by atoms with Gasteiger partial charge in [-0.3, -0.25) is 4.79 Å². The highest BCUT2D eigenvalue weighted by molar-refractivity contribution is 8.00. The van der Waals surface area contributed by atoms with Gasteiger partial charge in [-0.05, 0) is 30.5 Å². The van der Waals surface area contributed by atoms with Gasteiger partial charge in [-0.25, -0.2) is 0 Å². The van der Waals surface area contributed by atoms with Gasteiger partial charge in [0.15, 0.2) is 0 Å². The highest BCUT2D eigenvalue weighted by Crippen LogP contribution is 2.29. The van der Waals surface area contributed by atoms with Gasteiger partial charge in [0.25, 0.3) is 5.91 Å². The average molecular weight is 325 g/mol. The molecule has 1 amide bonds. The highest BCUT2D eigenvalue weighted by atomic mass is 32.2. The van der Waals surface area contributed by atoms with Gasteiger partial charge in [0.2, 0.25) is 0 Å². The molecular weight excluding hydrogens is 302 g/mol. The molecule has 0 fully saturated rings. The lowest BCUT2D eigenvalue weighted by molar-refractivity contribution is 0.0953. The number of hydrogen-bond acceptors (Lipinski definition) is 4. The van der Waals surface area contributed by atoms with Crippen LogP contribution in [0.5, 0.6) is 0 Å². The second-order valence-corrected chi connectivity index (χ2v) is 6.91. The summed E-state index contributed by atoms with van der Waals surface area (Å²) in [7, 11) is 0. The van der Waals surface area contributed by atoms with Crippen LogP contribution in [-0.4, -0.2) is 35.2 Å². The standard InChI is InChI=1S/C16H23NO2S2/c1-4-16(5-2,20-3)12-17-15(19)14-13(9-11-21-14)8-6-7-10-18/h9,11,18H,4-5,7,10,12H2,1-3H3,(H,17,19). The van der Waals surface area contributed by atoms with Crippen molar-refractivity contribution >= 4 is 29.0 Å². The summed E-state index contributed by atoms with van der Waals surface area (Å²) in [5, 5.41) is 13.7. The van der Waals surface area contributed by atoms with Crippen LogP contribution in [0.25, 0.3) is 0 Å². The third-order valence-electron chi connectivity index (χ3n) is 3.62. The monoisotopic (exact) mass is 325 g/mol. The molecule has 3 nitrogen and oxygen atoms in total. The molecule has 116 valence electrons. The Bertz CT molecular complexity index is 502. The van der Waals surface area contributed by atoms with Crippen LogP contribution in [0, 0.1) is 11.8 Å². The highest BCUT2D eigenvalue weighted by Gasteiger charge is 2.26. The van der Waals surface area contributed by atoms with Gasteiger partial charge in [-0.1, -0.05) is 25.7 Å². The second kappa shape index (κ2) is 9.14. The Hall–Kier alpha value is -0.960. The third kappa shape index (κ3) is 5.06. The van der Waals surface area contributed by atoms with Crippen molar-refractivity contribution in [3.05, 3.63) is 21.9 Å². The molecule has 21 heavy (non-hydrogen) atoms. The molecule has 0 aromatic carbocycles. The third-order valence-corrected chi connectivity index (χ3v) is 6.13. The summed E-state index contributed by atoms with van der Waals surface area (Å²) in [6.45, 7) is 5.02. The number of nitrogens with one attached hydrogen (secondary N) is 1. The van der Waals surface area contributed by atoms with Crippen molar-refractivity contribution in [2.45, 2.75) is 37.9 Å². The fraction of sp³-hybridized carbons (Fsp3) is 0.562. The van der Waals surface area contributed by atoms with Gasteiger partial charge in [0, 0.05) is 23.3 Å². The first-order valence-corrected chi connectivity index (χ1v) is 9.23. The van der Waals surface area contributed by atoms with E-state index in [0.717, 1.165) is 18.4 Å². The first kappa shape index (κ1) is 18.1. The van der Waals surface area contributed by atoms with Gasteiger partial charge >= 0.3 is 0 Å². The van der Waals surface area contributed by atoms with Crippen molar-refractivity contribution in [2.75, 3.05) is 19.4 Å². The van der Waals surface area contributed by atoms with E-state index < -0.39 is 0 Å². The zero-order valence-corrected chi connectivity index (χ0v) is 14.5. The summed E-state index contributed by atoms with van der Waals surface area (Å²) in [6.07, 6.45) is 4.57. The van der Waals surface area contributed by atoms with Crippen molar-refractivity contribution in [2.24, 2.45) is 0 Å². The van der Waals surface area contributed by atoms with Crippen molar-refractivity contribution in [1.29, 1.82) is 0 Å². The van der Waals surface area contributed by atoms with Gasteiger partial charge in [-0.15, -0.1) is 11.3 Å². The van der Waals surface area contributed by atoms with E-state index in [-0.39, 0.29) is 17.3 Å². The predicted octanol–water partition coefficient (Wildman–Crippen LogP) is 3.13. The molecule has 1 rings (SSSR count). The molecule has 0 spiro atoms. The Morgan fingerprint density at radius 2 is 2.19 bits per heavy atom. The molecule has 0 radical (unpaired) electrons. The van der Waals surface area contributed by atoms with E-state index in [1.54, 1.807) is 0 Å². The van der Waals surface area contributed by atoms with Crippen LogP contribution >= 0.6 is 23.1 Å². The first-order valence-electron chi connectivity index (χ1n) is 7.13. The van der Waals surface area contributed by atoms with Gasteiger partial charge in [0.1, 0.15) is 4.88 Å². The van der Waals surface area contributed by atoms with Crippen molar-refractivity contribution in [3.8, 4) is 11.8 Å². The maximum atomic E-state index is 12.3. The zero-order valence-electron chi connectivity index (χ0n) is 12.9. The van der Waals surface area contributed by atoms with Crippen LogP contribution in [0.4, 0.5) is 0 Å². The molecule has 5 heteroatoms. The molecule has 0 atom stereocenters. The average Bonchev–Trinajstić information content (AvgIpc) is 2.98. The number of rotatable bonds is 7. The zero-order chi connectivity index (χ0) is 15.7. The summed E-state index contributed by atoms with van der Waals surface area (Å²) in [5.41, 5.74) is 0.744. The molecule has 1 aromatic rings. The molecule has 0 aliphatic rings. The molecule has 0 aliphatic heterocycles. The fourth-order valence-corrected chi connectivity index (χ4v) is 3.54. The normalized spacial score (nSPS) is 10.9. The molecule has 1 heterocycles. The Morgan fingerprint density at radius 3 is 2.76 bits per heavy atom. The maximum absolute atomic E-state index is 12.3. The molecule has 2 N–H and O–H groups in total. The summed E-state index contributed by atoms with van der Waals surface area (Å²) < 4.78 is 0.107. The molecule has 0 saturated heterocycles. The Labute approximate surface area is 135 Å². The Kier molecular flexibility index (Phi) is 7.87. The summed E-state index contributed by atoms with van der Waals surface area (Å²) in [5.74, 6) is 5.75. The molecule has 0 saturated carbocycles. The summed E-state index contributed by atoms with van der Waals surface area (Å²) in [6, 6.07) is 1.85. The van der Waals surface area contributed by atoms with Crippen molar-refractivity contribution < 1.29 is 9.90 Å². The number of aliphatic hydroxyl groups excluding tert-OH is 1. The second-order valence-electron chi connectivity index (χ2n) is 4.72. The summed E-state index contributed by atoms with van der Waals surface area (Å²) in [4.78, 5) is 13.0. The lowest BCUT2D eigenvalue weighted by atomic mass is 10.0. The lowest BCUT2D eigenvalue weighted by Crippen LogP contribution is -2.39. The number of amides is 1. The topological polar surface area (TPSA) is 49.3 Å². The van der Waals surface area contributed by atoms with Crippen LogP contribution in [-0.2, 0) is 0 Å². The minimum atomic E-state index is -0.0568. The van der Waals surface area contributed by atoms with E-state index in [1.807, 2.05) is 23.2 Å². The Morgan fingerprint density at radius 1 is 1.48 bits per heavy atom. The smallest absolute Gasteiger partial charge is 0.262 e.